The zero-order valence-corrected chi connectivity index (χ0v) is 11.9. The van der Waals surface area contributed by atoms with E-state index in [4.69, 9.17) is 10.5 Å². The SMILES string of the molecule is CC1CN(Cc2ccc(CN)cc2F)CC(C)(C)O1. The van der Waals surface area contributed by atoms with Crippen molar-refractivity contribution < 1.29 is 9.13 Å². The van der Waals surface area contributed by atoms with Gasteiger partial charge in [-0.2, -0.15) is 0 Å². The first-order valence-electron chi connectivity index (χ1n) is 6.77. The molecule has 0 aromatic heterocycles. The molecule has 2 N–H and O–H groups in total. The van der Waals surface area contributed by atoms with E-state index in [2.05, 4.69) is 25.7 Å². The van der Waals surface area contributed by atoms with E-state index in [0.717, 1.165) is 24.2 Å². The molecule has 1 saturated heterocycles. The van der Waals surface area contributed by atoms with Crippen molar-refractivity contribution in [1.82, 2.24) is 4.90 Å². The van der Waals surface area contributed by atoms with Crippen LogP contribution in [-0.4, -0.2) is 29.7 Å². The minimum Gasteiger partial charge on any atom is -0.370 e. The first-order chi connectivity index (χ1) is 8.89. The molecule has 1 atom stereocenters. The minimum absolute atomic E-state index is 0.167. The van der Waals surface area contributed by atoms with E-state index in [-0.39, 0.29) is 17.5 Å². The maximum atomic E-state index is 14.0. The van der Waals surface area contributed by atoms with Crippen molar-refractivity contribution in [3.63, 3.8) is 0 Å². The number of nitrogens with two attached hydrogens (primary N) is 1. The maximum Gasteiger partial charge on any atom is 0.128 e. The van der Waals surface area contributed by atoms with E-state index in [9.17, 15) is 4.39 Å². The Labute approximate surface area is 114 Å². The van der Waals surface area contributed by atoms with Crippen LogP contribution in [0.2, 0.25) is 0 Å². The summed E-state index contributed by atoms with van der Waals surface area (Å²) >= 11 is 0. The second-order valence-electron chi connectivity index (χ2n) is 5.99. The van der Waals surface area contributed by atoms with Crippen molar-refractivity contribution >= 4 is 0 Å². The Hall–Kier alpha value is -0.970. The smallest absolute Gasteiger partial charge is 0.128 e. The van der Waals surface area contributed by atoms with Crippen LogP contribution < -0.4 is 5.73 Å². The van der Waals surface area contributed by atoms with Gasteiger partial charge in [0.2, 0.25) is 0 Å². The molecule has 1 aliphatic heterocycles. The number of rotatable bonds is 3. The fourth-order valence-corrected chi connectivity index (χ4v) is 2.79. The molecule has 19 heavy (non-hydrogen) atoms. The molecule has 4 heteroatoms. The maximum absolute atomic E-state index is 14.0. The van der Waals surface area contributed by atoms with Gasteiger partial charge >= 0.3 is 0 Å². The number of halogens is 1. The molecule has 2 rings (SSSR count). The van der Waals surface area contributed by atoms with Gasteiger partial charge in [-0.15, -0.1) is 0 Å². The molecule has 0 aliphatic carbocycles. The van der Waals surface area contributed by atoms with Crippen molar-refractivity contribution in [2.24, 2.45) is 5.73 Å². The Morgan fingerprint density at radius 3 is 2.79 bits per heavy atom. The summed E-state index contributed by atoms with van der Waals surface area (Å²) in [6.07, 6.45) is 0.176. The van der Waals surface area contributed by atoms with Gasteiger partial charge < -0.3 is 10.5 Å². The Balaban J connectivity index is 2.08. The fourth-order valence-electron chi connectivity index (χ4n) is 2.79. The first kappa shape index (κ1) is 14.4. The average Bonchev–Trinajstić information content (AvgIpc) is 2.29. The lowest BCUT2D eigenvalue weighted by molar-refractivity contribution is -0.130. The number of hydrogen-bond acceptors (Lipinski definition) is 3. The van der Waals surface area contributed by atoms with Crippen molar-refractivity contribution in [2.45, 2.75) is 45.6 Å². The molecule has 1 aliphatic rings. The van der Waals surface area contributed by atoms with Crippen LogP contribution in [0.15, 0.2) is 18.2 Å². The van der Waals surface area contributed by atoms with Crippen LogP contribution in [-0.2, 0) is 17.8 Å². The third kappa shape index (κ3) is 3.75. The second kappa shape index (κ2) is 5.57. The predicted octanol–water partition coefficient (Wildman–Crippen LogP) is 2.28. The minimum atomic E-state index is -0.175. The quantitative estimate of drug-likeness (QED) is 0.912. The summed E-state index contributed by atoms with van der Waals surface area (Å²) in [5, 5.41) is 0. The highest BCUT2D eigenvalue weighted by molar-refractivity contribution is 5.24. The summed E-state index contributed by atoms with van der Waals surface area (Å²) in [6, 6.07) is 5.27. The monoisotopic (exact) mass is 266 g/mol. The summed E-state index contributed by atoms with van der Waals surface area (Å²) in [4.78, 5) is 2.24. The molecule has 0 saturated carbocycles. The summed E-state index contributed by atoms with van der Waals surface area (Å²) in [5.41, 5.74) is 6.89. The van der Waals surface area contributed by atoms with Gasteiger partial charge in [-0.05, 0) is 32.4 Å². The fraction of sp³-hybridized carbons (Fsp3) is 0.600. The number of ether oxygens (including phenoxy) is 1. The number of morpholine rings is 1. The molecule has 1 fully saturated rings. The van der Waals surface area contributed by atoms with Crippen LogP contribution in [0.25, 0.3) is 0 Å². The molecule has 1 aromatic carbocycles. The Kier molecular flexibility index (Phi) is 4.23. The van der Waals surface area contributed by atoms with Gasteiger partial charge in [0.05, 0.1) is 11.7 Å². The van der Waals surface area contributed by atoms with E-state index in [0.29, 0.717) is 13.1 Å². The summed E-state index contributed by atoms with van der Waals surface area (Å²) in [5.74, 6) is -0.167. The highest BCUT2D eigenvalue weighted by Crippen LogP contribution is 2.23. The number of hydrogen-bond donors (Lipinski definition) is 1. The Morgan fingerprint density at radius 2 is 2.21 bits per heavy atom. The van der Waals surface area contributed by atoms with Gasteiger partial charge in [0.1, 0.15) is 5.82 Å². The average molecular weight is 266 g/mol. The van der Waals surface area contributed by atoms with Crippen molar-refractivity contribution in [3.05, 3.63) is 35.1 Å². The highest BCUT2D eigenvalue weighted by Gasteiger charge is 2.31. The normalized spacial score (nSPS) is 23.5. The Morgan fingerprint density at radius 1 is 1.47 bits per heavy atom. The topological polar surface area (TPSA) is 38.5 Å². The molecule has 1 aromatic rings. The lowest BCUT2D eigenvalue weighted by Gasteiger charge is -2.41. The molecule has 0 bridgehead atoms. The van der Waals surface area contributed by atoms with E-state index in [1.165, 1.54) is 6.07 Å². The third-order valence-electron chi connectivity index (χ3n) is 3.39. The Bertz CT molecular complexity index is 448. The van der Waals surface area contributed by atoms with Crippen LogP contribution >= 0.6 is 0 Å². The standard InChI is InChI=1S/C15H23FN2O/c1-11-8-18(10-15(2,3)19-11)9-13-5-4-12(7-17)6-14(13)16/h4-6,11H,7-10,17H2,1-3H3. The molecule has 0 amide bonds. The molecular formula is C15H23FN2O. The molecule has 0 radical (unpaired) electrons. The van der Waals surface area contributed by atoms with E-state index in [1.54, 1.807) is 0 Å². The van der Waals surface area contributed by atoms with Crippen LogP contribution in [0.5, 0.6) is 0 Å². The molecule has 106 valence electrons. The zero-order chi connectivity index (χ0) is 14.0. The zero-order valence-electron chi connectivity index (χ0n) is 11.9. The largest absolute Gasteiger partial charge is 0.370 e. The third-order valence-corrected chi connectivity index (χ3v) is 3.39. The molecule has 3 nitrogen and oxygen atoms in total. The lowest BCUT2D eigenvalue weighted by Crippen LogP contribution is -2.51. The highest BCUT2D eigenvalue weighted by atomic mass is 19.1. The predicted molar refractivity (Wildman–Crippen MR) is 74.2 cm³/mol. The number of benzene rings is 1. The van der Waals surface area contributed by atoms with Crippen molar-refractivity contribution in [3.8, 4) is 0 Å². The molecule has 0 spiro atoms. The summed E-state index contributed by atoms with van der Waals surface area (Å²) in [6.45, 7) is 8.85. The molecule has 1 unspecified atom stereocenters. The lowest BCUT2D eigenvalue weighted by atomic mass is 10.0. The van der Waals surface area contributed by atoms with Crippen LogP contribution in [0, 0.1) is 5.82 Å². The van der Waals surface area contributed by atoms with Crippen molar-refractivity contribution in [2.75, 3.05) is 13.1 Å². The number of nitrogens with zero attached hydrogens (tertiary/aromatic N) is 1. The van der Waals surface area contributed by atoms with Gasteiger partial charge in [0, 0.05) is 31.7 Å². The first-order valence-corrected chi connectivity index (χ1v) is 6.77. The molecule has 1 heterocycles. The van der Waals surface area contributed by atoms with E-state index < -0.39 is 0 Å². The van der Waals surface area contributed by atoms with Gasteiger partial charge in [-0.3, -0.25) is 4.90 Å². The van der Waals surface area contributed by atoms with Crippen LogP contribution in [0.3, 0.4) is 0 Å². The van der Waals surface area contributed by atoms with E-state index >= 15 is 0 Å². The molecular weight excluding hydrogens is 243 g/mol. The van der Waals surface area contributed by atoms with Crippen molar-refractivity contribution in [1.29, 1.82) is 0 Å². The van der Waals surface area contributed by atoms with E-state index in [1.807, 2.05) is 12.1 Å². The van der Waals surface area contributed by atoms with Crippen LogP contribution in [0.4, 0.5) is 4.39 Å². The van der Waals surface area contributed by atoms with Gasteiger partial charge in [0.25, 0.3) is 0 Å². The van der Waals surface area contributed by atoms with Gasteiger partial charge in [0.15, 0.2) is 0 Å². The summed E-state index contributed by atoms with van der Waals surface area (Å²) < 4.78 is 19.8. The summed E-state index contributed by atoms with van der Waals surface area (Å²) in [7, 11) is 0. The van der Waals surface area contributed by atoms with Gasteiger partial charge in [-0.25, -0.2) is 4.39 Å². The van der Waals surface area contributed by atoms with Gasteiger partial charge in [-0.1, -0.05) is 12.1 Å². The second-order valence-corrected chi connectivity index (χ2v) is 5.99. The van der Waals surface area contributed by atoms with Crippen LogP contribution in [0.1, 0.15) is 31.9 Å².